The van der Waals surface area contributed by atoms with Crippen LogP contribution in [0.1, 0.15) is 6.92 Å². The van der Waals surface area contributed by atoms with Crippen LogP contribution in [0.25, 0.3) is 0 Å². The maximum atomic E-state index is 5.48. The molecule has 0 bridgehead atoms. The van der Waals surface area contributed by atoms with Crippen molar-refractivity contribution in [1.29, 1.82) is 0 Å². The largest absolute Gasteiger partial charge is 0.378 e. The van der Waals surface area contributed by atoms with E-state index < -0.39 is 0 Å². The van der Waals surface area contributed by atoms with Gasteiger partial charge in [-0.1, -0.05) is 30.3 Å². The third-order valence-corrected chi connectivity index (χ3v) is 4.69. The molecule has 0 amide bonds. The van der Waals surface area contributed by atoms with Crippen LogP contribution in [0.2, 0.25) is 0 Å². The van der Waals surface area contributed by atoms with Gasteiger partial charge < -0.3 is 19.9 Å². The Morgan fingerprint density at radius 2 is 1.79 bits per heavy atom. The molecule has 2 aromatic carbocycles. The molecule has 0 saturated carbocycles. The van der Waals surface area contributed by atoms with E-state index in [4.69, 9.17) is 9.72 Å². The van der Waals surface area contributed by atoms with E-state index in [-0.39, 0.29) is 0 Å². The summed E-state index contributed by atoms with van der Waals surface area (Å²) in [6.45, 7) is 6.07. The van der Waals surface area contributed by atoms with Crippen molar-refractivity contribution in [1.82, 2.24) is 15.2 Å². The summed E-state index contributed by atoms with van der Waals surface area (Å²) < 4.78 is 5.48. The molecule has 7 nitrogen and oxygen atoms in total. The molecule has 4 rings (SSSR count). The van der Waals surface area contributed by atoms with Crippen LogP contribution in [-0.2, 0) is 4.74 Å². The maximum absolute atomic E-state index is 5.48. The first-order valence-electron chi connectivity index (χ1n) is 9.56. The first-order chi connectivity index (χ1) is 13.8. The SMILES string of the molecule is CCN(c1ccccc1)c1nncc(Nc2ccccc2N2CCOCC2)n1. The van der Waals surface area contributed by atoms with E-state index in [2.05, 4.69) is 39.5 Å². The molecule has 1 aliphatic rings. The molecule has 1 fully saturated rings. The highest BCUT2D eigenvalue weighted by molar-refractivity contribution is 5.74. The highest BCUT2D eigenvalue weighted by Crippen LogP contribution is 2.29. The molecule has 0 radical (unpaired) electrons. The van der Waals surface area contributed by atoms with E-state index in [0.717, 1.165) is 49.9 Å². The standard InChI is InChI=1S/C21H24N6O/c1-2-27(17-8-4-3-5-9-17)21-24-20(16-22-25-21)23-18-10-6-7-11-19(18)26-12-14-28-15-13-26/h3-11,16H,2,12-15H2,1H3,(H,23,24,25). The number of nitrogens with one attached hydrogen (secondary N) is 1. The summed E-state index contributed by atoms with van der Waals surface area (Å²) in [6.07, 6.45) is 1.65. The molecule has 0 atom stereocenters. The zero-order chi connectivity index (χ0) is 19.2. The van der Waals surface area contributed by atoms with Gasteiger partial charge in [0, 0.05) is 25.3 Å². The summed E-state index contributed by atoms with van der Waals surface area (Å²) in [5.74, 6) is 1.24. The minimum absolute atomic E-state index is 0.572. The molecule has 28 heavy (non-hydrogen) atoms. The predicted octanol–water partition coefficient (Wildman–Crippen LogP) is 3.61. The number of rotatable bonds is 6. The average molecular weight is 376 g/mol. The number of hydrogen-bond donors (Lipinski definition) is 1. The number of benzene rings is 2. The van der Waals surface area contributed by atoms with E-state index in [9.17, 15) is 0 Å². The first-order valence-corrected chi connectivity index (χ1v) is 9.56. The van der Waals surface area contributed by atoms with Gasteiger partial charge in [-0.25, -0.2) is 0 Å². The fourth-order valence-electron chi connectivity index (χ4n) is 3.31. The Hall–Kier alpha value is -3.19. The number of anilines is 5. The normalized spacial score (nSPS) is 14.0. The Labute approximate surface area is 165 Å². The van der Waals surface area contributed by atoms with Crippen LogP contribution in [0.5, 0.6) is 0 Å². The minimum Gasteiger partial charge on any atom is -0.378 e. The van der Waals surface area contributed by atoms with Gasteiger partial charge in [-0.05, 0) is 31.2 Å². The highest BCUT2D eigenvalue weighted by Gasteiger charge is 2.16. The Bertz CT molecular complexity index is 898. The van der Waals surface area contributed by atoms with Crippen molar-refractivity contribution in [2.24, 2.45) is 0 Å². The summed E-state index contributed by atoms with van der Waals surface area (Å²) in [5, 5.41) is 11.8. The van der Waals surface area contributed by atoms with Crippen LogP contribution >= 0.6 is 0 Å². The lowest BCUT2D eigenvalue weighted by molar-refractivity contribution is 0.123. The van der Waals surface area contributed by atoms with Crippen LogP contribution in [0.3, 0.4) is 0 Å². The van der Waals surface area contributed by atoms with Crippen molar-refractivity contribution in [3.63, 3.8) is 0 Å². The Balaban J connectivity index is 1.59. The van der Waals surface area contributed by atoms with Crippen molar-refractivity contribution in [2.75, 3.05) is 48.0 Å². The summed E-state index contributed by atoms with van der Waals surface area (Å²) in [7, 11) is 0. The van der Waals surface area contributed by atoms with E-state index >= 15 is 0 Å². The van der Waals surface area contributed by atoms with Gasteiger partial charge in [0.1, 0.15) is 0 Å². The summed E-state index contributed by atoms with van der Waals surface area (Å²) in [4.78, 5) is 9.06. The fraction of sp³-hybridized carbons (Fsp3) is 0.286. The van der Waals surface area contributed by atoms with Crippen LogP contribution < -0.4 is 15.1 Å². The quantitative estimate of drug-likeness (QED) is 0.705. The summed E-state index contributed by atoms with van der Waals surface area (Å²) >= 11 is 0. The van der Waals surface area contributed by atoms with E-state index in [1.54, 1.807) is 6.20 Å². The van der Waals surface area contributed by atoms with E-state index in [0.29, 0.717) is 11.8 Å². The topological polar surface area (TPSA) is 66.4 Å². The number of morpholine rings is 1. The molecule has 2 heterocycles. The van der Waals surface area contributed by atoms with Crippen molar-refractivity contribution in [3.8, 4) is 0 Å². The Morgan fingerprint density at radius 3 is 2.57 bits per heavy atom. The van der Waals surface area contributed by atoms with Crippen LogP contribution in [0.15, 0.2) is 60.8 Å². The van der Waals surface area contributed by atoms with Gasteiger partial charge in [0.05, 0.1) is 30.8 Å². The first kappa shape index (κ1) is 18.2. The second-order valence-electron chi connectivity index (χ2n) is 6.46. The van der Waals surface area contributed by atoms with Gasteiger partial charge in [0.15, 0.2) is 5.82 Å². The molecule has 1 N–H and O–H groups in total. The zero-order valence-electron chi connectivity index (χ0n) is 16.0. The van der Waals surface area contributed by atoms with Gasteiger partial charge in [-0.15, -0.1) is 5.10 Å². The number of hydrogen-bond acceptors (Lipinski definition) is 7. The highest BCUT2D eigenvalue weighted by atomic mass is 16.5. The van der Waals surface area contributed by atoms with Crippen LogP contribution in [-0.4, -0.2) is 48.0 Å². The second-order valence-corrected chi connectivity index (χ2v) is 6.46. The van der Waals surface area contributed by atoms with Gasteiger partial charge in [-0.2, -0.15) is 10.1 Å². The molecule has 1 aliphatic heterocycles. The molecule has 0 spiro atoms. The molecule has 7 heteroatoms. The molecule has 0 unspecified atom stereocenters. The Kier molecular flexibility index (Phi) is 5.63. The minimum atomic E-state index is 0.572. The summed E-state index contributed by atoms with van der Waals surface area (Å²) in [5.41, 5.74) is 3.18. The van der Waals surface area contributed by atoms with Crippen LogP contribution in [0, 0.1) is 0 Å². The van der Waals surface area contributed by atoms with Crippen LogP contribution in [0.4, 0.5) is 28.8 Å². The van der Waals surface area contributed by atoms with Gasteiger partial charge in [-0.3, -0.25) is 0 Å². The van der Waals surface area contributed by atoms with Crippen molar-refractivity contribution in [3.05, 3.63) is 60.8 Å². The maximum Gasteiger partial charge on any atom is 0.251 e. The van der Waals surface area contributed by atoms with Crippen molar-refractivity contribution >= 4 is 28.8 Å². The molecule has 0 aliphatic carbocycles. The monoisotopic (exact) mass is 376 g/mol. The van der Waals surface area contributed by atoms with Gasteiger partial charge >= 0.3 is 0 Å². The van der Waals surface area contributed by atoms with Gasteiger partial charge in [0.25, 0.3) is 5.95 Å². The molecular formula is C21H24N6O. The van der Waals surface area contributed by atoms with E-state index in [1.807, 2.05) is 47.4 Å². The second kappa shape index (κ2) is 8.67. The third-order valence-electron chi connectivity index (χ3n) is 4.69. The molecule has 3 aromatic rings. The van der Waals surface area contributed by atoms with E-state index in [1.165, 1.54) is 0 Å². The Morgan fingerprint density at radius 1 is 1.04 bits per heavy atom. The number of para-hydroxylation sites is 3. The molecular weight excluding hydrogens is 352 g/mol. The smallest absolute Gasteiger partial charge is 0.251 e. The number of aromatic nitrogens is 3. The number of ether oxygens (including phenoxy) is 1. The lowest BCUT2D eigenvalue weighted by Gasteiger charge is -2.30. The third kappa shape index (κ3) is 4.04. The predicted molar refractivity (Wildman–Crippen MR) is 112 cm³/mol. The van der Waals surface area contributed by atoms with Gasteiger partial charge in [0.2, 0.25) is 0 Å². The summed E-state index contributed by atoms with van der Waals surface area (Å²) in [6, 6.07) is 18.3. The molecule has 144 valence electrons. The lowest BCUT2D eigenvalue weighted by atomic mass is 10.2. The fourth-order valence-corrected chi connectivity index (χ4v) is 3.31. The molecule has 1 aromatic heterocycles. The average Bonchev–Trinajstić information content (AvgIpc) is 2.76. The number of nitrogens with zero attached hydrogens (tertiary/aromatic N) is 5. The lowest BCUT2D eigenvalue weighted by Crippen LogP contribution is -2.36. The van der Waals surface area contributed by atoms with Crippen molar-refractivity contribution < 1.29 is 4.74 Å². The zero-order valence-corrected chi connectivity index (χ0v) is 16.0. The van der Waals surface area contributed by atoms with Crippen molar-refractivity contribution in [2.45, 2.75) is 6.92 Å². The molecule has 1 saturated heterocycles.